The lowest BCUT2D eigenvalue weighted by atomic mass is 9.85. The van der Waals surface area contributed by atoms with E-state index in [0.717, 1.165) is 12.2 Å². The van der Waals surface area contributed by atoms with Gasteiger partial charge in [0, 0.05) is 6.54 Å². The summed E-state index contributed by atoms with van der Waals surface area (Å²) >= 11 is 6.12. The lowest BCUT2D eigenvalue weighted by Crippen LogP contribution is -2.38. The largest absolute Gasteiger partial charge is 0.271 e. The Morgan fingerprint density at radius 3 is 2.60 bits per heavy atom. The molecule has 0 radical (unpaired) electrons. The Balaban J connectivity index is 3.16. The molecule has 1 unspecified atom stereocenters. The molecular formula is C10H19ClN4. The van der Waals surface area contributed by atoms with Gasteiger partial charge in [0.15, 0.2) is 0 Å². The van der Waals surface area contributed by atoms with Crippen molar-refractivity contribution in [3.63, 3.8) is 0 Å². The van der Waals surface area contributed by atoms with Gasteiger partial charge in [-0.2, -0.15) is 5.10 Å². The molecule has 0 bridgehead atoms. The van der Waals surface area contributed by atoms with Gasteiger partial charge in [-0.1, -0.05) is 32.4 Å². The number of hydrogen-bond donors (Lipinski definition) is 2. The van der Waals surface area contributed by atoms with Crippen molar-refractivity contribution in [1.82, 2.24) is 15.2 Å². The summed E-state index contributed by atoms with van der Waals surface area (Å²) in [5.41, 5.74) is 3.76. The van der Waals surface area contributed by atoms with E-state index in [0.29, 0.717) is 5.02 Å². The van der Waals surface area contributed by atoms with Gasteiger partial charge >= 0.3 is 0 Å². The van der Waals surface area contributed by atoms with Crippen molar-refractivity contribution < 1.29 is 0 Å². The predicted molar refractivity (Wildman–Crippen MR) is 62.4 cm³/mol. The first-order valence-electron chi connectivity index (χ1n) is 5.09. The second kappa shape index (κ2) is 4.51. The standard InChI is InChI=1S/C10H19ClN4/c1-5-15-8(7(11)6-13-15)9(14-12)10(2,3)4/h6,9,14H,5,12H2,1-4H3. The molecule has 4 nitrogen and oxygen atoms in total. The minimum atomic E-state index is -0.00859. The second-order valence-corrected chi connectivity index (χ2v) is 5.07. The molecule has 0 spiro atoms. The molecule has 0 fully saturated rings. The predicted octanol–water partition coefficient (Wildman–Crippen LogP) is 2.11. The molecule has 0 aliphatic carbocycles. The summed E-state index contributed by atoms with van der Waals surface area (Å²) in [5, 5.41) is 4.87. The Kier molecular flexibility index (Phi) is 3.76. The van der Waals surface area contributed by atoms with Crippen molar-refractivity contribution >= 4 is 11.6 Å². The van der Waals surface area contributed by atoms with Gasteiger partial charge < -0.3 is 0 Å². The number of nitrogens with zero attached hydrogens (tertiary/aromatic N) is 2. The van der Waals surface area contributed by atoms with E-state index in [1.807, 2.05) is 11.6 Å². The number of aromatic nitrogens is 2. The molecule has 5 heteroatoms. The van der Waals surface area contributed by atoms with Crippen LogP contribution in [-0.2, 0) is 6.54 Å². The molecule has 0 saturated carbocycles. The lowest BCUT2D eigenvalue weighted by Gasteiger charge is -2.30. The molecular weight excluding hydrogens is 212 g/mol. The van der Waals surface area contributed by atoms with Crippen molar-refractivity contribution in [2.75, 3.05) is 0 Å². The highest BCUT2D eigenvalue weighted by molar-refractivity contribution is 6.31. The fraction of sp³-hybridized carbons (Fsp3) is 0.700. The normalized spacial score (nSPS) is 14.3. The van der Waals surface area contributed by atoms with Gasteiger partial charge in [-0.15, -0.1) is 0 Å². The number of nitrogens with one attached hydrogen (secondary N) is 1. The van der Waals surface area contributed by atoms with Gasteiger partial charge in [0.1, 0.15) is 0 Å². The summed E-state index contributed by atoms with van der Waals surface area (Å²) in [6.45, 7) is 9.15. The average molecular weight is 231 g/mol. The average Bonchev–Trinajstić information content (AvgIpc) is 2.47. The Labute approximate surface area is 95.8 Å². The van der Waals surface area contributed by atoms with Crippen molar-refractivity contribution in [2.45, 2.75) is 40.3 Å². The van der Waals surface area contributed by atoms with Crippen molar-refractivity contribution in [3.8, 4) is 0 Å². The van der Waals surface area contributed by atoms with Crippen molar-refractivity contribution in [2.24, 2.45) is 11.3 Å². The van der Waals surface area contributed by atoms with Crippen molar-refractivity contribution in [1.29, 1.82) is 0 Å². The van der Waals surface area contributed by atoms with Gasteiger partial charge in [-0.3, -0.25) is 16.0 Å². The summed E-state index contributed by atoms with van der Waals surface area (Å²) in [6.07, 6.45) is 1.66. The summed E-state index contributed by atoms with van der Waals surface area (Å²) in [7, 11) is 0. The zero-order valence-electron chi connectivity index (χ0n) is 9.71. The molecule has 1 heterocycles. The van der Waals surface area contributed by atoms with Gasteiger partial charge in [-0.25, -0.2) is 0 Å². The molecule has 1 atom stereocenters. The van der Waals surface area contributed by atoms with Crippen LogP contribution < -0.4 is 11.3 Å². The molecule has 0 aliphatic rings. The maximum atomic E-state index is 6.12. The monoisotopic (exact) mass is 230 g/mol. The Bertz CT molecular complexity index is 327. The Morgan fingerprint density at radius 1 is 1.60 bits per heavy atom. The molecule has 0 amide bonds. The van der Waals surface area contributed by atoms with Crippen LogP contribution in [0.2, 0.25) is 5.02 Å². The second-order valence-electron chi connectivity index (χ2n) is 4.66. The van der Waals surface area contributed by atoms with Crippen LogP contribution in [0.1, 0.15) is 39.4 Å². The van der Waals surface area contributed by atoms with Gasteiger partial charge in [0.2, 0.25) is 0 Å². The Hall–Kier alpha value is -0.580. The summed E-state index contributed by atoms with van der Waals surface area (Å²) in [4.78, 5) is 0. The third-order valence-corrected chi connectivity index (χ3v) is 2.73. The van der Waals surface area contributed by atoms with Crippen LogP contribution in [-0.4, -0.2) is 9.78 Å². The zero-order valence-corrected chi connectivity index (χ0v) is 10.5. The number of halogens is 1. The summed E-state index contributed by atoms with van der Waals surface area (Å²) in [5.74, 6) is 5.59. The molecule has 1 rings (SSSR count). The molecule has 15 heavy (non-hydrogen) atoms. The summed E-state index contributed by atoms with van der Waals surface area (Å²) < 4.78 is 1.87. The molecule has 0 aromatic carbocycles. The van der Waals surface area contributed by atoms with Crippen molar-refractivity contribution in [3.05, 3.63) is 16.9 Å². The summed E-state index contributed by atoms with van der Waals surface area (Å²) in [6, 6.07) is -0.00699. The van der Waals surface area contributed by atoms with E-state index in [4.69, 9.17) is 17.4 Å². The fourth-order valence-electron chi connectivity index (χ4n) is 1.65. The first kappa shape index (κ1) is 12.5. The third kappa shape index (κ3) is 2.51. The quantitative estimate of drug-likeness (QED) is 0.618. The molecule has 1 aromatic rings. The van der Waals surface area contributed by atoms with E-state index in [1.54, 1.807) is 6.20 Å². The molecule has 86 valence electrons. The van der Waals surface area contributed by atoms with E-state index in [9.17, 15) is 0 Å². The number of hydrogen-bond acceptors (Lipinski definition) is 3. The first-order chi connectivity index (χ1) is 6.91. The van der Waals surface area contributed by atoms with Crippen LogP contribution >= 0.6 is 11.6 Å². The maximum Gasteiger partial charge on any atom is 0.0834 e. The smallest absolute Gasteiger partial charge is 0.0834 e. The first-order valence-corrected chi connectivity index (χ1v) is 5.47. The van der Waals surface area contributed by atoms with Crippen LogP contribution in [0, 0.1) is 5.41 Å². The van der Waals surface area contributed by atoms with Crippen LogP contribution in [0.25, 0.3) is 0 Å². The van der Waals surface area contributed by atoms with E-state index in [1.165, 1.54) is 0 Å². The van der Waals surface area contributed by atoms with Crippen LogP contribution in [0.4, 0.5) is 0 Å². The SMILES string of the molecule is CCn1ncc(Cl)c1C(NN)C(C)(C)C. The van der Waals surface area contributed by atoms with E-state index >= 15 is 0 Å². The highest BCUT2D eigenvalue weighted by Gasteiger charge is 2.29. The molecule has 0 aliphatic heterocycles. The Morgan fingerprint density at radius 2 is 2.20 bits per heavy atom. The van der Waals surface area contributed by atoms with Gasteiger partial charge in [0.25, 0.3) is 0 Å². The van der Waals surface area contributed by atoms with Gasteiger partial charge in [0.05, 0.1) is 23.0 Å². The van der Waals surface area contributed by atoms with Gasteiger partial charge in [-0.05, 0) is 12.3 Å². The molecule has 1 aromatic heterocycles. The van der Waals surface area contributed by atoms with Crippen LogP contribution in [0.3, 0.4) is 0 Å². The topological polar surface area (TPSA) is 55.9 Å². The van der Waals surface area contributed by atoms with Crippen LogP contribution in [0.5, 0.6) is 0 Å². The highest BCUT2D eigenvalue weighted by atomic mass is 35.5. The minimum Gasteiger partial charge on any atom is -0.271 e. The van der Waals surface area contributed by atoms with E-state index in [-0.39, 0.29) is 11.5 Å². The number of rotatable bonds is 3. The fourth-order valence-corrected chi connectivity index (χ4v) is 1.90. The molecule has 3 N–H and O–H groups in total. The third-order valence-electron chi connectivity index (χ3n) is 2.44. The lowest BCUT2D eigenvalue weighted by molar-refractivity contribution is 0.261. The maximum absolute atomic E-state index is 6.12. The molecule has 0 saturated heterocycles. The number of hydrazine groups is 1. The number of aryl methyl sites for hydroxylation is 1. The van der Waals surface area contributed by atoms with Crippen LogP contribution in [0.15, 0.2) is 6.20 Å². The number of nitrogens with two attached hydrogens (primary N) is 1. The highest BCUT2D eigenvalue weighted by Crippen LogP contribution is 2.35. The van der Waals surface area contributed by atoms with E-state index < -0.39 is 0 Å². The minimum absolute atomic E-state index is 0.00699. The van der Waals surface area contributed by atoms with E-state index in [2.05, 4.69) is 31.3 Å². The zero-order chi connectivity index (χ0) is 11.6.